The molecule has 5 nitrogen and oxygen atoms in total. The molecule has 6 heteroatoms. The van der Waals surface area contributed by atoms with Crippen LogP contribution in [0.5, 0.6) is 0 Å². The third-order valence-corrected chi connectivity index (χ3v) is 4.57. The summed E-state index contributed by atoms with van der Waals surface area (Å²) in [7, 11) is 0. The van der Waals surface area contributed by atoms with Crippen LogP contribution in [0, 0.1) is 6.92 Å². The van der Waals surface area contributed by atoms with Crippen LogP contribution in [0.15, 0.2) is 58.4 Å². The molecule has 0 saturated heterocycles. The molecule has 0 radical (unpaired) electrons. The molecule has 0 saturated carbocycles. The molecular weight excluding hydrogens is 336 g/mol. The molecule has 25 heavy (non-hydrogen) atoms. The number of aryl methyl sites for hydroxylation is 1. The lowest BCUT2D eigenvalue weighted by molar-refractivity contribution is 0.0463. The Kier molecular flexibility index (Phi) is 5.19. The van der Waals surface area contributed by atoms with Crippen molar-refractivity contribution < 1.29 is 9.53 Å². The lowest BCUT2D eigenvalue weighted by Crippen LogP contribution is -2.17. The molecule has 3 rings (SSSR count). The van der Waals surface area contributed by atoms with Gasteiger partial charge in [-0.25, -0.2) is 9.78 Å². The summed E-state index contributed by atoms with van der Waals surface area (Å²) in [6.45, 7) is 3.90. The van der Waals surface area contributed by atoms with Crippen LogP contribution in [0.3, 0.4) is 0 Å². The summed E-state index contributed by atoms with van der Waals surface area (Å²) in [5, 5.41) is 0. The minimum Gasteiger partial charge on any atom is -0.456 e. The van der Waals surface area contributed by atoms with E-state index in [2.05, 4.69) is 4.98 Å². The Bertz CT molecular complexity index is 982. The number of carbonyl (C=O) groups is 1. The number of ether oxygens (including phenoxy) is 1. The Morgan fingerprint density at radius 3 is 2.84 bits per heavy atom. The van der Waals surface area contributed by atoms with Crippen molar-refractivity contribution >= 4 is 23.4 Å². The van der Waals surface area contributed by atoms with Crippen LogP contribution < -0.4 is 5.56 Å². The topological polar surface area (TPSA) is 60.7 Å². The molecule has 2 aromatic heterocycles. The molecule has 0 aliphatic heterocycles. The van der Waals surface area contributed by atoms with Crippen molar-refractivity contribution in [3.8, 4) is 0 Å². The summed E-state index contributed by atoms with van der Waals surface area (Å²) < 4.78 is 6.85. The van der Waals surface area contributed by atoms with Crippen LogP contribution in [-0.4, -0.2) is 21.1 Å². The highest BCUT2D eigenvalue weighted by molar-refractivity contribution is 7.99. The Morgan fingerprint density at radius 2 is 2.04 bits per heavy atom. The standard InChI is InChI=1S/C19H18N2O3S/c1-3-25-16-7-5-4-6-15(16)19(23)24-12-14-10-18(22)21-11-13(2)8-9-17(21)20-14/h4-11H,3,12H2,1-2H3. The summed E-state index contributed by atoms with van der Waals surface area (Å²) in [5.74, 6) is 0.453. The van der Waals surface area contributed by atoms with Gasteiger partial charge in [0.05, 0.1) is 11.3 Å². The van der Waals surface area contributed by atoms with E-state index >= 15 is 0 Å². The van der Waals surface area contributed by atoms with Crippen molar-refractivity contribution in [1.82, 2.24) is 9.38 Å². The number of fused-ring (bicyclic) bond motifs is 1. The van der Waals surface area contributed by atoms with Gasteiger partial charge in [0.25, 0.3) is 5.56 Å². The largest absolute Gasteiger partial charge is 0.456 e. The predicted octanol–water partition coefficient (Wildman–Crippen LogP) is 3.47. The van der Waals surface area contributed by atoms with Crippen molar-refractivity contribution in [2.24, 2.45) is 0 Å². The van der Waals surface area contributed by atoms with Gasteiger partial charge in [0.2, 0.25) is 0 Å². The van der Waals surface area contributed by atoms with Crippen LogP contribution in [0.2, 0.25) is 0 Å². The first-order chi connectivity index (χ1) is 12.1. The minimum absolute atomic E-state index is 0.0381. The SMILES string of the molecule is CCSc1ccccc1C(=O)OCc1cc(=O)n2cc(C)ccc2n1. The Morgan fingerprint density at radius 1 is 1.24 bits per heavy atom. The third kappa shape index (κ3) is 3.91. The summed E-state index contributed by atoms with van der Waals surface area (Å²) in [6, 6.07) is 12.4. The molecule has 0 N–H and O–H groups in total. The molecule has 0 aliphatic carbocycles. The number of benzene rings is 1. The van der Waals surface area contributed by atoms with E-state index < -0.39 is 5.97 Å². The van der Waals surface area contributed by atoms with E-state index in [1.54, 1.807) is 36.2 Å². The number of rotatable bonds is 5. The molecule has 1 aromatic carbocycles. The van der Waals surface area contributed by atoms with Crippen LogP contribution in [0.25, 0.3) is 5.65 Å². The maximum absolute atomic E-state index is 12.4. The summed E-state index contributed by atoms with van der Waals surface area (Å²) in [5.41, 5.74) is 2.28. The van der Waals surface area contributed by atoms with Crippen LogP contribution in [0.4, 0.5) is 0 Å². The Balaban J connectivity index is 1.80. The second kappa shape index (κ2) is 7.53. The molecular formula is C19H18N2O3S. The molecule has 0 aliphatic rings. The number of esters is 1. The summed E-state index contributed by atoms with van der Waals surface area (Å²) in [4.78, 5) is 29.8. The van der Waals surface area contributed by atoms with Crippen molar-refractivity contribution in [1.29, 1.82) is 0 Å². The van der Waals surface area contributed by atoms with E-state index in [9.17, 15) is 9.59 Å². The van der Waals surface area contributed by atoms with Crippen LogP contribution in [0.1, 0.15) is 28.5 Å². The highest BCUT2D eigenvalue weighted by Gasteiger charge is 2.13. The lowest BCUT2D eigenvalue weighted by Gasteiger charge is -2.09. The molecule has 0 spiro atoms. The first-order valence-corrected chi connectivity index (χ1v) is 8.95. The van der Waals surface area contributed by atoms with Crippen LogP contribution >= 0.6 is 11.8 Å². The number of thioether (sulfide) groups is 1. The highest BCUT2D eigenvalue weighted by atomic mass is 32.2. The normalized spacial score (nSPS) is 10.8. The van der Waals surface area contributed by atoms with Crippen molar-refractivity contribution in [2.75, 3.05) is 5.75 Å². The Labute approximate surface area is 149 Å². The number of nitrogens with zero attached hydrogens (tertiary/aromatic N) is 2. The monoisotopic (exact) mass is 354 g/mol. The number of pyridine rings is 1. The lowest BCUT2D eigenvalue weighted by atomic mass is 10.2. The Hall–Kier alpha value is -2.60. The number of hydrogen-bond donors (Lipinski definition) is 0. The van der Waals surface area contributed by atoms with E-state index in [0.717, 1.165) is 16.2 Å². The van der Waals surface area contributed by atoms with E-state index in [-0.39, 0.29) is 12.2 Å². The van der Waals surface area contributed by atoms with Gasteiger partial charge in [-0.2, -0.15) is 0 Å². The first kappa shape index (κ1) is 17.2. The van der Waals surface area contributed by atoms with Gasteiger partial charge in [0.15, 0.2) is 0 Å². The average Bonchev–Trinajstić information content (AvgIpc) is 2.61. The van der Waals surface area contributed by atoms with E-state index in [1.165, 1.54) is 10.5 Å². The molecule has 3 aromatic rings. The average molecular weight is 354 g/mol. The van der Waals surface area contributed by atoms with Gasteiger partial charge in [0, 0.05) is 17.2 Å². The highest BCUT2D eigenvalue weighted by Crippen LogP contribution is 2.23. The van der Waals surface area contributed by atoms with E-state index in [1.807, 2.05) is 32.0 Å². The van der Waals surface area contributed by atoms with Gasteiger partial charge in [-0.15, -0.1) is 11.8 Å². The second-order valence-electron chi connectivity index (χ2n) is 5.53. The van der Waals surface area contributed by atoms with Gasteiger partial charge in [-0.05, 0) is 36.4 Å². The zero-order valence-electron chi connectivity index (χ0n) is 14.1. The zero-order valence-corrected chi connectivity index (χ0v) is 14.9. The quantitative estimate of drug-likeness (QED) is 0.519. The smallest absolute Gasteiger partial charge is 0.339 e. The van der Waals surface area contributed by atoms with Gasteiger partial charge in [-0.1, -0.05) is 25.1 Å². The van der Waals surface area contributed by atoms with Crippen molar-refractivity contribution in [3.63, 3.8) is 0 Å². The number of aromatic nitrogens is 2. The molecule has 2 heterocycles. The maximum Gasteiger partial charge on any atom is 0.339 e. The minimum atomic E-state index is -0.414. The fourth-order valence-electron chi connectivity index (χ4n) is 2.47. The predicted molar refractivity (Wildman–Crippen MR) is 98.2 cm³/mol. The molecule has 0 amide bonds. The van der Waals surface area contributed by atoms with Crippen LogP contribution in [-0.2, 0) is 11.3 Å². The molecule has 0 unspecified atom stereocenters. The number of carbonyl (C=O) groups excluding carboxylic acids is 1. The summed E-state index contributed by atoms with van der Waals surface area (Å²) >= 11 is 1.59. The molecule has 128 valence electrons. The second-order valence-corrected chi connectivity index (χ2v) is 6.83. The third-order valence-electron chi connectivity index (χ3n) is 3.62. The maximum atomic E-state index is 12.4. The van der Waals surface area contributed by atoms with Crippen molar-refractivity contribution in [3.05, 3.63) is 75.8 Å². The molecule has 0 bridgehead atoms. The van der Waals surface area contributed by atoms with Gasteiger partial charge >= 0.3 is 5.97 Å². The fourth-order valence-corrected chi connectivity index (χ4v) is 3.26. The molecule has 0 fully saturated rings. The van der Waals surface area contributed by atoms with Gasteiger partial charge < -0.3 is 4.74 Å². The van der Waals surface area contributed by atoms with E-state index in [0.29, 0.717) is 16.9 Å². The van der Waals surface area contributed by atoms with E-state index in [4.69, 9.17) is 4.74 Å². The van der Waals surface area contributed by atoms with Crippen molar-refractivity contribution in [2.45, 2.75) is 25.3 Å². The van der Waals surface area contributed by atoms with Gasteiger partial charge in [-0.3, -0.25) is 9.20 Å². The summed E-state index contributed by atoms with van der Waals surface area (Å²) in [6.07, 6.45) is 1.73. The number of hydrogen-bond acceptors (Lipinski definition) is 5. The van der Waals surface area contributed by atoms with Gasteiger partial charge in [0.1, 0.15) is 12.3 Å². The molecule has 0 atom stereocenters. The fraction of sp³-hybridized carbons (Fsp3) is 0.211. The first-order valence-electron chi connectivity index (χ1n) is 7.96. The zero-order chi connectivity index (χ0) is 17.8.